The second-order valence-electron chi connectivity index (χ2n) is 3.60. The van der Waals surface area contributed by atoms with E-state index in [1.807, 2.05) is 6.07 Å². The number of hydrogen-bond donors (Lipinski definition) is 3. The number of carbonyl (C=O) groups is 2. The number of urea groups is 1. The second kappa shape index (κ2) is 6.61. The van der Waals surface area contributed by atoms with Crippen LogP contribution in [-0.2, 0) is 4.79 Å². The van der Waals surface area contributed by atoms with E-state index in [-0.39, 0.29) is 0 Å². The Labute approximate surface area is 105 Å². The number of rotatable bonds is 5. The minimum Gasteiger partial charge on any atom is -0.480 e. The molecule has 0 aliphatic heterocycles. The molecule has 1 atom stereocenters. The van der Waals surface area contributed by atoms with Crippen LogP contribution in [0, 0.1) is 0 Å². The third kappa shape index (κ3) is 3.46. The zero-order valence-electron chi connectivity index (χ0n) is 10.0. The van der Waals surface area contributed by atoms with E-state index in [4.69, 9.17) is 10.2 Å². The van der Waals surface area contributed by atoms with Crippen LogP contribution in [0.4, 0.5) is 10.5 Å². The first-order chi connectivity index (χ1) is 8.60. The Balaban J connectivity index is 2.78. The van der Waals surface area contributed by atoms with Crippen molar-refractivity contribution < 1.29 is 19.8 Å². The predicted octanol–water partition coefficient (Wildman–Crippen LogP) is 0.668. The van der Waals surface area contributed by atoms with Gasteiger partial charge in [0.15, 0.2) is 6.04 Å². The second-order valence-corrected chi connectivity index (χ2v) is 3.60. The maximum Gasteiger partial charge on any atom is 0.328 e. The standard InChI is InChI=1S/C12H16N2O4/c1-2-14(9-6-4-3-5-7-9)12(18)13-10(8-15)11(16)17/h3-7,10,15H,2,8H2,1H3,(H,13,18)(H,16,17)/t10-/m1/s1. The summed E-state index contributed by atoms with van der Waals surface area (Å²) in [6.07, 6.45) is 0. The largest absolute Gasteiger partial charge is 0.480 e. The zero-order valence-corrected chi connectivity index (χ0v) is 10.0. The summed E-state index contributed by atoms with van der Waals surface area (Å²) in [6, 6.07) is 7.04. The molecule has 0 spiro atoms. The van der Waals surface area contributed by atoms with Crippen LogP contribution in [0.25, 0.3) is 0 Å². The molecule has 18 heavy (non-hydrogen) atoms. The van der Waals surface area contributed by atoms with Crippen molar-refractivity contribution in [2.45, 2.75) is 13.0 Å². The van der Waals surface area contributed by atoms with Crippen molar-refractivity contribution in [3.8, 4) is 0 Å². The number of nitrogens with zero attached hydrogens (tertiary/aromatic N) is 1. The summed E-state index contributed by atoms with van der Waals surface area (Å²) in [4.78, 5) is 24.0. The first-order valence-electron chi connectivity index (χ1n) is 5.56. The summed E-state index contributed by atoms with van der Waals surface area (Å²) in [5.74, 6) is -1.27. The number of carbonyl (C=O) groups excluding carboxylic acids is 1. The Morgan fingerprint density at radius 2 is 1.94 bits per heavy atom. The molecule has 0 bridgehead atoms. The number of carboxylic acids is 1. The fourth-order valence-corrected chi connectivity index (χ4v) is 1.46. The van der Waals surface area contributed by atoms with Gasteiger partial charge in [-0.25, -0.2) is 9.59 Å². The van der Waals surface area contributed by atoms with E-state index in [0.717, 1.165) is 0 Å². The maximum atomic E-state index is 11.9. The number of aliphatic carboxylic acids is 1. The van der Waals surface area contributed by atoms with Crippen molar-refractivity contribution in [2.24, 2.45) is 0 Å². The number of aliphatic hydroxyl groups is 1. The molecule has 0 radical (unpaired) electrons. The first kappa shape index (κ1) is 14.0. The van der Waals surface area contributed by atoms with Gasteiger partial charge in [-0.05, 0) is 19.1 Å². The SMILES string of the molecule is CCN(C(=O)N[C@H](CO)C(=O)O)c1ccccc1. The highest BCUT2D eigenvalue weighted by Crippen LogP contribution is 2.12. The molecule has 0 unspecified atom stereocenters. The van der Waals surface area contributed by atoms with Gasteiger partial charge in [-0.15, -0.1) is 0 Å². The van der Waals surface area contributed by atoms with Crippen LogP contribution in [-0.4, -0.2) is 41.4 Å². The lowest BCUT2D eigenvalue weighted by Crippen LogP contribution is -2.49. The van der Waals surface area contributed by atoms with E-state index in [0.29, 0.717) is 12.2 Å². The Morgan fingerprint density at radius 3 is 2.39 bits per heavy atom. The highest BCUT2D eigenvalue weighted by atomic mass is 16.4. The Morgan fingerprint density at radius 1 is 1.33 bits per heavy atom. The van der Waals surface area contributed by atoms with Crippen molar-refractivity contribution in [1.82, 2.24) is 5.32 Å². The summed E-state index contributed by atoms with van der Waals surface area (Å²) >= 11 is 0. The summed E-state index contributed by atoms with van der Waals surface area (Å²) in [7, 11) is 0. The first-order valence-corrected chi connectivity index (χ1v) is 5.56. The van der Waals surface area contributed by atoms with E-state index in [2.05, 4.69) is 5.32 Å². The van der Waals surface area contributed by atoms with Crippen molar-refractivity contribution >= 4 is 17.7 Å². The molecule has 0 saturated carbocycles. The maximum absolute atomic E-state index is 11.9. The molecule has 0 heterocycles. The molecule has 0 saturated heterocycles. The molecular formula is C12H16N2O4. The molecule has 1 aromatic rings. The summed E-state index contributed by atoms with van der Waals surface area (Å²) in [5.41, 5.74) is 0.666. The molecule has 0 aliphatic rings. The molecule has 6 nitrogen and oxygen atoms in total. The van der Waals surface area contributed by atoms with Crippen molar-refractivity contribution in [1.29, 1.82) is 0 Å². The highest BCUT2D eigenvalue weighted by molar-refractivity contribution is 5.94. The van der Waals surface area contributed by atoms with Gasteiger partial charge in [-0.1, -0.05) is 18.2 Å². The molecule has 2 amide bonds. The predicted molar refractivity (Wildman–Crippen MR) is 66.5 cm³/mol. The topological polar surface area (TPSA) is 89.9 Å². The van der Waals surface area contributed by atoms with Crippen LogP contribution in [0.15, 0.2) is 30.3 Å². The number of para-hydroxylation sites is 1. The number of benzene rings is 1. The van der Waals surface area contributed by atoms with E-state index in [9.17, 15) is 9.59 Å². The average molecular weight is 252 g/mol. The van der Waals surface area contributed by atoms with Gasteiger partial charge in [-0.3, -0.25) is 4.90 Å². The third-order valence-corrected chi connectivity index (χ3v) is 2.41. The lowest BCUT2D eigenvalue weighted by molar-refractivity contribution is -0.140. The molecule has 1 rings (SSSR count). The van der Waals surface area contributed by atoms with Crippen LogP contribution in [0.5, 0.6) is 0 Å². The van der Waals surface area contributed by atoms with Gasteiger partial charge in [0.2, 0.25) is 0 Å². The molecule has 0 fully saturated rings. The number of aliphatic hydroxyl groups excluding tert-OH is 1. The summed E-state index contributed by atoms with van der Waals surface area (Å²) in [6.45, 7) is 1.53. The fraction of sp³-hybridized carbons (Fsp3) is 0.333. The Kier molecular flexibility index (Phi) is 5.13. The number of nitrogens with one attached hydrogen (secondary N) is 1. The van der Waals surface area contributed by atoms with Crippen molar-refractivity contribution in [2.75, 3.05) is 18.1 Å². The minimum atomic E-state index is -1.30. The molecule has 1 aromatic carbocycles. The normalized spacial score (nSPS) is 11.7. The van der Waals surface area contributed by atoms with Gasteiger partial charge < -0.3 is 15.5 Å². The van der Waals surface area contributed by atoms with Crippen LogP contribution < -0.4 is 10.2 Å². The third-order valence-electron chi connectivity index (χ3n) is 2.41. The number of carboxylic acid groups (broad SMARTS) is 1. The van der Waals surface area contributed by atoms with Gasteiger partial charge in [0.25, 0.3) is 0 Å². The lowest BCUT2D eigenvalue weighted by Gasteiger charge is -2.23. The average Bonchev–Trinajstić information content (AvgIpc) is 2.37. The monoisotopic (exact) mass is 252 g/mol. The number of hydrogen-bond acceptors (Lipinski definition) is 3. The van der Waals surface area contributed by atoms with Crippen LogP contribution in [0.1, 0.15) is 6.92 Å². The van der Waals surface area contributed by atoms with Gasteiger partial charge in [0.1, 0.15) is 0 Å². The van der Waals surface area contributed by atoms with Gasteiger partial charge in [-0.2, -0.15) is 0 Å². The van der Waals surface area contributed by atoms with Gasteiger partial charge in [0, 0.05) is 12.2 Å². The fourth-order valence-electron chi connectivity index (χ4n) is 1.46. The smallest absolute Gasteiger partial charge is 0.328 e. The van der Waals surface area contributed by atoms with Crippen LogP contribution >= 0.6 is 0 Å². The van der Waals surface area contributed by atoms with Gasteiger partial charge >= 0.3 is 12.0 Å². The number of anilines is 1. The van der Waals surface area contributed by atoms with E-state index in [1.54, 1.807) is 31.2 Å². The summed E-state index contributed by atoms with van der Waals surface area (Å²) in [5, 5.41) is 19.9. The summed E-state index contributed by atoms with van der Waals surface area (Å²) < 4.78 is 0. The van der Waals surface area contributed by atoms with Crippen LogP contribution in [0.2, 0.25) is 0 Å². The Hall–Kier alpha value is -2.08. The lowest BCUT2D eigenvalue weighted by atomic mass is 10.3. The van der Waals surface area contributed by atoms with Crippen molar-refractivity contribution in [3.63, 3.8) is 0 Å². The van der Waals surface area contributed by atoms with Crippen LogP contribution in [0.3, 0.4) is 0 Å². The molecule has 98 valence electrons. The molecule has 6 heteroatoms. The van der Waals surface area contributed by atoms with E-state index < -0.39 is 24.6 Å². The van der Waals surface area contributed by atoms with Crippen molar-refractivity contribution in [3.05, 3.63) is 30.3 Å². The highest BCUT2D eigenvalue weighted by Gasteiger charge is 2.22. The molecular weight excluding hydrogens is 236 g/mol. The molecule has 0 aromatic heterocycles. The quantitative estimate of drug-likeness (QED) is 0.718. The zero-order chi connectivity index (χ0) is 13.5. The molecule has 3 N–H and O–H groups in total. The number of amides is 2. The minimum absolute atomic E-state index is 0.396. The molecule has 0 aliphatic carbocycles. The van der Waals surface area contributed by atoms with E-state index >= 15 is 0 Å². The van der Waals surface area contributed by atoms with Gasteiger partial charge in [0.05, 0.1) is 6.61 Å². The Bertz CT molecular complexity index is 408. The van der Waals surface area contributed by atoms with E-state index in [1.165, 1.54) is 4.90 Å².